The second-order valence-corrected chi connectivity index (χ2v) is 5.89. The number of nitrogens with one attached hydrogen (secondary N) is 1. The van der Waals surface area contributed by atoms with Gasteiger partial charge in [-0.25, -0.2) is 0 Å². The molecule has 1 N–H and O–H groups in total. The zero-order valence-electron chi connectivity index (χ0n) is 11.8. The third-order valence-corrected chi connectivity index (χ3v) is 4.34. The van der Waals surface area contributed by atoms with Gasteiger partial charge in [0.05, 0.1) is 5.92 Å². The van der Waals surface area contributed by atoms with Crippen molar-refractivity contribution >= 4 is 5.91 Å². The van der Waals surface area contributed by atoms with Crippen molar-refractivity contribution in [3.05, 3.63) is 0 Å². The standard InChI is InChI=1S/C14H27N3O/c1-12-5-6-13(11-15-12)14(18)16(2)9-10-17-7-3-4-8-17/h12-13,15H,3-11H2,1-2H3. The van der Waals surface area contributed by atoms with Crippen LogP contribution in [-0.2, 0) is 4.79 Å². The lowest BCUT2D eigenvalue weighted by atomic mass is 9.94. The smallest absolute Gasteiger partial charge is 0.226 e. The molecule has 2 heterocycles. The molecule has 1 amide bonds. The molecule has 0 aromatic heterocycles. The van der Waals surface area contributed by atoms with Gasteiger partial charge in [0.25, 0.3) is 0 Å². The number of hydrogen-bond acceptors (Lipinski definition) is 3. The summed E-state index contributed by atoms with van der Waals surface area (Å²) in [6.45, 7) is 7.39. The van der Waals surface area contributed by atoms with Crippen LogP contribution in [-0.4, -0.2) is 61.5 Å². The number of nitrogens with zero attached hydrogens (tertiary/aromatic N) is 2. The highest BCUT2D eigenvalue weighted by Gasteiger charge is 2.26. The summed E-state index contributed by atoms with van der Waals surface area (Å²) in [5, 5.41) is 3.41. The minimum atomic E-state index is 0.199. The van der Waals surface area contributed by atoms with Crippen molar-refractivity contribution in [1.29, 1.82) is 0 Å². The number of likely N-dealkylation sites (N-methyl/N-ethyl adjacent to an activating group) is 1. The Balaban J connectivity index is 1.70. The molecule has 104 valence electrons. The van der Waals surface area contributed by atoms with E-state index in [4.69, 9.17) is 0 Å². The lowest BCUT2D eigenvalue weighted by Gasteiger charge is -2.30. The van der Waals surface area contributed by atoms with Crippen LogP contribution in [0.3, 0.4) is 0 Å². The minimum Gasteiger partial charge on any atom is -0.344 e. The molecule has 4 heteroatoms. The molecule has 2 aliphatic rings. The highest BCUT2D eigenvalue weighted by Crippen LogP contribution is 2.16. The van der Waals surface area contributed by atoms with Crippen LogP contribution in [0, 0.1) is 5.92 Å². The molecule has 0 aromatic carbocycles. The molecule has 0 aromatic rings. The molecule has 0 saturated carbocycles. The summed E-state index contributed by atoms with van der Waals surface area (Å²) in [7, 11) is 1.95. The highest BCUT2D eigenvalue weighted by atomic mass is 16.2. The molecule has 0 aliphatic carbocycles. The Labute approximate surface area is 111 Å². The number of hydrogen-bond donors (Lipinski definition) is 1. The van der Waals surface area contributed by atoms with E-state index in [1.54, 1.807) is 0 Å². The van der Waals surface area contributed by atoms with Gasteiger partial charge in [0.1, 0.15) is 0 Å². The first-order valence-corrected chi connectivity index (χ1v) is 7.37. The first-order valence-electron chi connectivity index (χ1n) is 7.37. The van der Waals surface area contributed by atoms with Crippen molar-refractivity contribution in [1.82, 2.24) is 15.1 Å². The first-order chi connectivity index (χ1) is 8.66. The second kappa shape index (κ2) is 6.53. The fourth-order valence-electron chi connectivity index (χ4n) is 2.93. The Morgan fingerprint density at radius 3 is 2.67 bits per heavy atom. The van der Waals surface area contributed by atoms with E-state index in [0.29, 0.717) is 11.9 Å². The van der Waals surface area contributed by atoms with Gasteiger partial charge in [-0.05, 0) is 45.7 Å². The highest BCUT2D eigenvalue weighted by molar-refractivity contribution is 5.78. The van der Waals surface area contributed by atoms with E-state index in [2.05, 4.69) is 17.1 Å². The first kappa shape index (κ1) is 13.8. The summed E-state index contributed by atoms with van der Waals surface area (Å²) in [5.74, 6) is 0.526. The summed E-state index contributed by atoms with van der Waals surface area (Å²) in [5.41, 5.74) is 0. The molecular weight excluding hydrogens is 226 g/mol. The van der Waals surface area contributed by atoms with Crippen molar-refractivity contribution in [2.24, 2.45) is 5.92 Å². The predicted octanol–water partition coefficient (Wildman–Crippen LogP) is 0.929. The number of carbonyl (C=O) groups excluding carboxylic acids is 1. The summed E-state index contributed by atoms with van der Waals surface area (Å²) in [6, 6.07) is 0.573. The van der Waals surface area contributed by atoms with Gasteiger partial charge in [0, 0.05) is 32.7 Å². The van der Waals surface area contributed by atoms with E-state index in [9.17, 15) is 4.79 Å². The molecule has 18 heavy (non-hydrogen) atoms. The van der Waals surface area contributed by atoms with Gasteiger partial charge in [0.2, 0.25) is 5.91 Å². The van der Waals surface area contributed by atoms with Crippen LogP contribution in [0.2, 0.25) is 0 Å². The average Bonchev–Trinajstić information content (AvgIpc) is 2.89. The van der Waals surface area contributed by atoms with E-state index in [1.807, 2.05) is 11.9 Å². The van der Waals surface area contributed by atoms with Gasteiger partial charge in [-0.2, -0.15) is 0 Å². The third-order valence-electron chi connectivity index (χ3n) is 4.34. The van der Waals surface area contributed by atoms with E-state index in [0.717, 1.165) is 32.5 Å². The Kier molecular flexibility index (Phi) is 5.01. The van der Waals surface area contributed by atoms with Crippen molar-refractivity contribution < 1.29 is 4.79 Å². The summed E-state index contributed by atoms with van der Waals surface area (Å²) in [6.07, 6.45) is 4.81. The van der Waals surface area contributed by atoms with Gasteiger partial charge in [-0.15, -0.1) is 0 Å². The lowest BCUT2D eigenvalue weighted by Crippen LogP contribution is -2.46. The van der Waals surface area contributed by atoms with E-state index in [1.165, 1.54) is 25.9 Å². The molecule has 2 unspecified atom stereocenters. The van der Waals surface area contributed by atoms with Crippen LogP contribution >= 0.6 is 0 Å². The Morgan fingerprint density at radius 1 is 1.33 bits per heavy atom. The minimum absolute atomic E-state index is 0.199. The molecule has 0 spiro atoms. The topological polar surface area (TPSA) is 35.6 Å². The van der Waals surface area contributed by atoms with Crippen LogP contribution in [0.4, 0.5) is 0 Å². The largest absolute Gasteiger partial charge is 0.344 e. The van der Waals surface area contributed by atoms with Crippen molar-refractivity contribution in [3.8, 4) is 0 Å². The molecule has 2 saturated heterocycles. The quantitative estimate of drug-likeness (QED) is 0.809. The van der Waals surface area contributed by atoms with E-state index < -0.39 is 0 Å². The number of likely N-dealkylation sites (tertiary alicyclic amines) is 1. The van der Waals surface area contributed by atoms with Crippen LogP contribution in [0.1, 0.15) is 32.6 Å². The van der Waals surface area contributed by atoms with Crippen LogP contribution in [0.5, 0.6) is 0 Å². The number of rotatable bonds is 4. The summed E-state index contributed by atoms with van der Waals surface area (Å²) < 4.78 is 0. The van der Waals surface area contributed by atoms with Gasteiger partial charge in [-0.3, -0.25) is 4.79 Å². The number of carbonyl (C=O) groups is 1. The molecule has 0 bridgehead atoms. The predicted molar refractivity (Wildman–Crippen MR) is 73.5 cm³/mol. The van der Waals surface area contributed by atoms with Crippen LogP contribution < -0.4 is 5.32 Å². The maximum Gasteiger partial charge on any atom is 0.226 e. The Hall–Kier alpha value is -0.610. The molecule has 2 rings (SSSR count). The maximum absolute atomic E-state index is 12.3. The lowest BCUT2D eigenvalue weighted by molar-refractivity contribution is -0.135. The third kappa shape index (κ3) is 3.69. The Bertz CT molecular complexity index is 268. The fourth-order valence-corrected chi connectivity index (χ4v) is 2.93. The van der Waals surface area contributed by atoms with Crippen LogP contribution in [0.25, 0.3) is 0 Å². The molecule has 2 atom stereocenters. The molecule has 0 radical (unpaired) electrons. The normalized spacial score (nSPS) is 29.4. The van der Waals surface area contributed by atoms with Gasteiger partial charge in [-0.1, -0.05) is 0 Å². The summed E-state index contributed by atoms with van der Waals surface area (Å²) >= 11 is 0. The van der Waals surface area contributed by atoms with Crippen LogP contribution in [0.15, 0.2) is 0 Å². The van der Waals surface area contributed by atoms with Gasteiger partial charge >= 0.3 is 0 Å². The maximum atomic E-state index is 12.3. The van der Waals surface area contributed by atoms with Gasteiger partial charge in [0.15, 0.2) is 0 Å². The second-order valence-electron chi connectivity index (χ2n) is 5.89. The number of amides is 1. The summed E-state index contributed by atoms with van der Waals surface area (Å²) in [4.78, 5) is 16.7. The monoisotopic (exact) mass is 253 g/mol. The van der Waals surface area contributed by atoms with Crippen molar-refractivity contribution in [3.63, 3.8) is 0 Å². The Morgan fingerprint density at radius 2 is 2.06 bits per heavy atom. The molecule has 2 aliphatic heterocycles. The SMILES string of the molecule is CC1CCC(C(=O)N(C)CCN2CCCC2)CN1. The van der Waals surface area contributed by atoms with E-state index in [-0.39, 0.29) is 5.92 Å². The molecule has 2 fully saturated rings. The zero-order valence-corrected chi connectivity index (χ0v) is 11.8. The van der Waals surface area contributed by atoms with Crippen molar-refractivity contribution in [2.45, 2.75) is 38.6 Å². The van der Waals surface area contributed by atoms with E-state index >= 15 is 0 Å². The molecule has 4 nitrogen and oxygen atoms in total. The molecular formula is C14H27N3O. The fraction of sp³-hybridized carbons (Fsp3) is 0.929. The van der Waals surface area contributed by atoms with Crippen molar-refractivity contribution in [2.75, 3.05) is 39.8 Å². The van der Waals surface area contributed by atoms with Gasteiger partial charge < -0.3 is 15.1 Å². The number of piperidine rings is 1. The average molecular weight is 253 g/mol. The zero-order chi connectivity index (χ0) is 13.0.